The summed E-state index contributed by atoms with van der Waals surface area (Å²) in [5, 5.41) is 8.83. The van der Waals surface area contributed by atoms with E-state index in [0.717, 1.165) is 19.5 Å². The molecule has 0 unspecified atom stereocenters. The highest BCUT2D eigenvalue weighted by molar-refractivity contribution is 5.23. The van der Waals surface area contributed by atoms with Gasteiger partial charge in [-0.3, -0.25) is 4.90 Å². The number of ether oxygens (including phenoxy) is 1. The summed E-state index contributed by atoms with van der Waals surface area (Å²) in [4.78, 5) is 2.21. The first kappa shape index (κ1) is 14.9. The molecule has 0 spiro atoms. The number of halogens is 1. The van der Waals surface area contributed by atoms with Crippen LogP contribution in [0.15, 0.2) is 24.3 Å². The Morgan fingerprint density at radius 1 is 1.28 bits per heavy atom. The molecule has 0 saturated heterocycles. The third-order valence-corrected chi connectivity index (χ3v) is 2.81. The van der Waals surface area contributed by atoms with E-state index in [1.54, 1.807) is 18.2 Å². The third kappa shape index (κ3) is 5.02. The summed E-state index contributed by atoms with van der Waals surface area (Å²) in [6, 6.07) is 6.80. The maximum Gasteiger partial charge on any atom is 0.165 e. The molecule has 0 radical (unpaired) electrons. The molecule has 18 heavy (non-hydrogen) atoms. The first-order valence-corrected chi connectivity index (χ1v) is 6.37. The predicted molar refractivity (Wildman–Crippen MR) is 70.3 cm³/mol. The van der Waals surface area contributed by atoms with Gasteiger partial charge in [0.05, 0.1) is 0 Å². The first-order chi connectivity index (χ1) is 8.65. The van der Waals surface area contributed by atoms with Crippen molar-refractivity contribution in [2.75, 3.05) is 26.3 Å². The van der Waals surface area contributed by atoms with Crippen molar-refractivity contribution in [1.29, 1.82) is 0 Å². The molecule has 0 atom stereocenters. The van der Waals surface area contributed by atoms with Crippen molar-refractivity contribution in [2.24, 2.45) is 0 Å². The molecule has 0 fully saturated rings. The van der Waals surface area contributed by atoms with Gasteiger partial charge in [-0.25, -0.2) is 4.39 Å². The zero-order valence-electron chi connectivity index (χ0n) is 11.1. The number of para-hydroxylation sites is 1. The van der Waals surface area contributed by atoms with E-state index in [2.05, 4.69) is 18.7 Å². The van der Waals surface area contributed by atoms with Crippen LogP contribution in [0.3, 0.4) is 0 Å². The Hall–Kier alpha value is -1.13. The largest absolute Gasteiger partial charge is 0.489 e. The van der Waals surface area contributed by atoms with Crippen LogP contribution < -0.4 is 4.74 Å². The Morgan fingerprint density at radius 3 is 2.61 bits per heavy atom. The minimum absolute atomic E-state index is 0.192. The Balaban J connectivity index is 2.36. The van der Waals surface area contributed by atoms with Crippen LogP contribution in [0.2, 0.25) is 0 Å². The van der Waals surface area contributed by atoms with Gasteiger partial charge in [0.2, 0.25) is 0 Å². The van der Waals surface area contributed by atoms with Crippen molar-refractivity contribution in [3.63, 3.8) is 0 Å². The summed E-state index contributed by atoms with van der Waals surface area (Å²) in [6.45, 7) is 6.39. The second-order valence-electron chi connectivity index (χ2n) is 4.49. The molecule has 0 aliphatic carbocycles. The highest BCUT2D eigenvalue weighted by Gasteiger charge is 2.09. The number of benzene rings is 1. The Bertz CT molecular complexity index is 344. The molecule has 1 aromatic carbocycles. The summed E-state index contributed by atoms with van der Waals surface area (Å²) >= 11 is 0. The fraction of sp³-hybridized carbons (Fsp3) is 0.571. The van der Waals surface area contributed by atoms with Gasteiger partial charge in [0.15, 0.2) is 11.6 Å². The van der Waals surface area contributed by atoms with Gasteiger partial charge < -0.3 is 9.84 Å². The van der Waals surface area contributed by atoms with E-state index in [0.29, 0.717) is 18.4 Å². The van der Waals surface area contributed by atoms with Gasteiger partial charge in [0.25, 0.3) is 0 Å². The lowest BCUT2D eigenvalue weighted by atomic mass is 10.3. The second-order valence-corrected chi connectivity index (χ2v) is 4.49. The molecule has 0 amide bonds. The summed E-state index contributed by atoms with van der Waals surface area (Å²) in [5.74, 6) is -0.0349. The summed E-state index contributed by atoms with van der Waals surface area (Å²) < 4.78 is 18.7. The second kappa shape index (κ2) is 8.06. The van der Waals surface area contributed by atoms with Crippen LogP contribution >= 0.6 is 0 Å². The fourth-order valence-electron chi connectivity index (χ4n) is 1.74. The van der Waals surface area contributed by atoms with Crippen LogP contribution in [0.4, 0.5) is 4.39 Å². The maximum absolute atomic E-state index is 13.3. The van der Waals surface area contributed by atoms with E-state index in [1.807, 2.05) is 0 Å². The number of rotatable bonds is 8. The topological polar surface area (TPSA) is 32.7 Å². The molecular formula is C14H22FNO2. The monoisotopic (exact) mass is 255 g/mol. The SMILES string of the molecule is CC(C)N(CCCO)CCOc1ccccc1F. The lowest BCUT2D eigenvalue weighted by Gasteiger charge is -2.26. The third-order valence-electron chi connectivity index (χ3n) is 2.81. The molecule has 0 bridgehead atoms. The smallest absolute Gasteiger partial charge is 0.165 e. The number of nitrogens with zero attached hydrogens (tertiary/aromatic N) is 1. The summed E-state index contributed by atoms with van der Waals surface area (Å²) in [5.41, 5.74) is 0. The fourth-order valence-corrected chi connectivity index (χ4v) is 1.74. The van der Waals surface area contributed by atoms with Crippen LogP contribution in [-0.2, 0) is 0 Å². The maximum atomic E-state index is 13.3. The van der Waals surface area contributed by atoms with Crippen molar-refractivity contribution < 1.29 is 14.2 Å². The first-order valence-electron chi connectivity index (χ1n) is 6.37. The van der Waals surface area contributed by atoms with Crippen LogP contribution in [0.5, 0.6) is 5.75 Å². The van der Waals surface area contributed by atoms with E-state index >= 15 is 0 Å². The highest BCUT2D eigenvalue weighted by Crippen LogP contribution is 2.15. The van der Waals surface area contributed by atoms with Crippen LogP contribution in [0.25, 0.3) is 0 Å². The van der Waals surface area contributed by atoms with Gasteiger partial charge in [-0.05, 0) is 32.4 Å². The van der Waals surface area contributed by atoms with Gasteiger partial charge in [-0.15, -0.1) is 0 Å². The van der Waals surface area contributed by atoms with Crippen molar-refractivity contribution in [3.8, 4) is 5.75 Å². The molecule has 0 heterocycles. The van der Waals surface area contributed by atoms with E-state index < -0.39 is 0 Å². The molecule has 102 valence electrons. The van der Waals surface area contributed by atoms with Gasteiger partial charge in [-0.1, -0.05) is 12.1 Å². The molecule has 0 aliphatic heterocycles. The molecule has 1 N–H and O–H groups in total. The summed E-state index contributed by atoms with van der Waals surface area (Å²) in [6.07, 6.45) is 0.748. The van der Waals surface area contributed by atoms with Gasteiger partial charge in [-0.2, -0.15) is 0 Å². The van der Waals surface area contributed by atoms with Crippen molar-refractivity contribution >= 4 is 0 Å². The van der Waals surface area contributed by atoms with Crippen molar-refractivity contribution in [2.45, 2.75) is 26.3 Å². The zero-order chi connectivity index (χ0) is 13.4. The average molecular weight is 255 g/mol. The lowest BCUT2D eigenvalue weighted by molar-refractivity contribution is 0.158. The van der Waals surface area contributed by atoms with Crippen LogP contribution in [0, 0.1) is 5.82 Å². The number of aliphatic hydroxyl groups is 1. The number of hydrogen-bond acceptors (Lipinski definition) is 3. The number of aliphatic hydroxyl groups excluding tert-OH is 1. The van der Waals surface area contributed by atoms with E-state index in [4.69, 9.17) is 9.84 Å². The van der Waals surface area contributed by atoms with Crippen molar-refractivity contribution in [1.82, 2.24) is 4.90 Å². The Morgan fingerprint density at radius 2 is 2.00 bits per heavy atom. The average Bonchev–Trinajstić information content (AvgIpc) is 2.35. The van der Waals surface area contributed by atoms with E-state index in [-0.39, 0.29) is 12.4 Å². The van der Waals surface area contributed by atoms with Crippen LogP contribution in [-0.4, -0.2) is 42.4 Å². The zero-order valence-corrected chi connectivity index (χ0v) is 11.1. The highest BCUT2D eigenvalue weighted by atomic mass is 19.1. The molecule has 4 heteroatoms. The Kier molecular flexibility index (Phi) is 6.68. The summed E-state index contributed by atoms with van der Waals surface area (Å²) in [7, 11) is 0. The predicted octanol–water partition coefficient (Wildman–Crippen LogP) is 2.30. The quantitative estimate of drug-likeness (QED) is 0.773. The van der Waals surface area contributed by atoms with Gasteiger partial charge in [0.1, 0.15) is 6.61 Å². The molecular weight excluding hydrogens is 233 g/mol. The minimum Gasteiger partial charge on any atom is -0.489 e. The van der Waals surface area contributed by atoms with Crippen molar-refractivity contribution in [3.05, 3.63) is 30.1 Å². The molecule has 0 saturated carbocycles. The Labute approximate surface area is 108 Å². The van der Waals surface area contributed by atoms with Crippen LogP contribution in [0.1, 0.15) is 20.3 Å². The van der Waals surface area contributed by atoms with E-state index in [9.17, 15) is 4.39 Å². The van der Waals surface area contributed by atoms with Gasteiger partial charge in [0, 0.05) is 25.7 Å². The normalized spacial score (nSPS) is 11.2. The standard InChI is InChI=1S/C14H22FNO2/c1-12(2)16(8-5-10-17)9-11-18-14-7-4-3-6-13(14)15/h3-4,6-7,12,17H,5,8-11H2,1-2H3. The minimum atomic E-state index is -0.330. The van der Waals surface area contributed by atoms with Gasteiger partial charge >= 0.3 is 0 Å². The molecule has 1 rings (SSSR count). The molecule has 1 aromatic rings. The molecule has 3 nitrogen and oxygen atoms in total. The lowest BCUT2D eigenvalue weighted by Crippen LogP contribution is -2.35. The molecule has 0 aromatic heterocycles. The van der Waals surface area contributed by atoms with E-state index in [1.165, 1.54) is 6.07 Å². The molecule has 0 aliphatic rings. The number of hydrogen-bond donors (Lipinski definition) is 1.